The fourth-order valence-electron chi connectivity index (χ4n) is 3.17. The second-order valence-corrected chi connectivity index (χ2v) is 7.09. The average Bonchev–Trinajstić information content (AvgIpc) is 2.71. The van der Waals surface area contributed by atoms with Crippen molar-refractivity contribution in [2.24, 2.45) is 0 Å². The lowest BCUT2D eigenvalue weighted by molar-refractivity contribution is 0.330. The van der Waals surface area contributed by atoms with E-state index in [-0.39, 0.29) is 0 Å². The van der Waals surface area contributed by atoms with Crippen LogP contribution in [0.25, 0.3) is 21.9 Å². The van der Waals surface area contributed by atoms with Crippen molar-refractivity contribution in [3.63, 3.8) is 0 Å². The smallest absolute Gasteiger partial charge is 0.128 e. The van der Waals surface area contributed by atoms with Crippen LogP contribution in [0.15, 0.2) is 61.4 Å². The molecule has 3 aromatic rings. The van der Waals surface area contributed by atoms with Crippen LogP contribution in [-0.2, 0) is 6.42 Å². The van der Waals surface area contributed by atoms with Crippen molar-refractivity contribution < 1.29 is 9.13 Å². The van der Waals surface area contributed by atoms with E-state index >= 15 is 0 Å². The Kier molecular flexibility index (Phi) is 7.12. The summed E-state index contributed by atoms with van der Waals surface area (Å²) in [5.74, 6) is 1.69. The third kappa shape index (κ3) is 5.62. The first-order valence-electron chi connectivity index (χ1n) is 9.88. The van der Waals surface area contributed by atoms with Gasteiger partial charge in [-0.25, -0.2) is 14.4 Å². The minimum Gasteiger partial charge on any atom is -0.490 e. The molecule has 0 N–H and O–H groups in total. The van der Waals surface area contributed by atoms with Gasteiger partial charge in [-0.15, -0.1) is 0 Å². The standard InChI is InChI=1S/C24H27FN2O/c1-3-13-28-23-12-11-19-14-20(9-10-21(19)15-23)22-16-26-24(27-17-22)8-6-4-5-7-18(2)25/h3,9-12,14-18H,1,4-8,13H2,2H3. The Morgan fingerprint density at radius 1 is 1.00 bits per heavy atom. The first kappa shape index (κ1) is 20.0. The summed E-state index contributed by atoms with van der Waals surface area (Å²) in [7, 11) is 0. The summed E-state index contributed by atoms with van der Waals surface area (Å²) in [6.07, 6.45) is 9.22. The molecule has 1 heterocycles. The molecule has 4 heteroatoms. The van der Waals surface area contributed by atoms with E-state index in [2.05, 4.69) is 40.8 Å². The molecule has 0 fully saturated rings. The van der Waals surface area contributed by atoms with E-state index in [0.29, 0.717) is 13.0 Å². The second-order valence-electron chi connectivity index (χ2n) is 7.09. The van der Waals surface area contributed by atoms with Gasteiger partial charge >= 0.3 is 0 Å². The van der Waals surface area contributed by atoms with Crippen molar-refractivity contribution in [2.75, 3.05) is 6.61 Å². The van der Waals surface area contributed by atoms with Crippen LogP contribution in [0, 0.1) is 0 Å². The Bertz CT molecular complexity index is 906. The van der Waals surface area contributed by atoms with Crippen molar-refractivity contribution in [3.05, 3.63) is 67.3 Å². The van der Waals surface area contributed by atoms with Gasteiger partial charge in [-0.05, 0) is 54.3 Å². The highest BCUT2D eigenvalue weighted by molar-refractivity contribution is 5.88. The zero-order chi connectivity index (χ0) is 19.8. The molecule has 3 rings (SSSR count). The lowest BCUT2D eigenvalue weighted by Crippen LogP contribution is -1.96. The predicted molar refractivity (Wildman–Crippen MR) is 113 cm³/mol. The molecule has 0 saturated carbocycles. The van der Waals surface area contributed by atoms with Gasteiger partial charge < -0.3 is 4.74 Å². The molecule has 0 aliphatic carbocycles. The molecule has 1 atom stereocenters. The van der Waals surface area contributed by atoms with Gasteiger partial charge in [0.25, 0.3) is 0 Å². The normalized spacial score (nSPS) is 12.1. The van der Waals surface area contributed by atoms with Gasteiger partial charge in [0.15, 0.2) is 0 Å². The minimum absolute atomic E-state index is 0.502. The number of aryl methyl sites for hydroxylation is 1. The molecule has 0 bridgehead atoms. The van der Waals surface area contributed by atoms with Gasteiger partial charge in [-0.3, -0.25) is 0 Å². The van der Waals surface area contributed by atoms with Gasteiger partial charge in [0, 0.05) is 24.4 Å². The van der Waals surface area contributed by atoms with Crippen molar-refractivity contribution in [1.29, 1.82) is 0 Å². The predicted octanol–water partition coefficient (Wildman–Crippen LogP) is 6.32. The molecule has 1 aromatic heterocycles. The third-order valence-corrected chi connectivity index (χ3v) is 4.72. The number of hydrogen-bond donors (Lipinski definition) is 0. The van der Waals surface area contributed by atoms with Gasteiger partial charge in [0.1, 0.15) is 18.2 Å². The zero-order valence-corrected chi connectivity index (χ0v) is 16.4. The van der Waals surface area contributed by atoms with Crippen LogP contribution in [0.4, 0.5) is 4.39 Å². The van der Waals surface area contributed by atoms with Crippen LogP contribution < -0.4 is 4.74 Å². The summed E-state index contributed by atoms with van der Waals surface area (Å²) in [5, 5.41) is 2.28. The molecular formula is C24H27FN2O. The number of halogens is 1. The molecular weight excluding hydrogens is 351 g/mol. The quantitative estimate of drug-likeness (QED) is 0.306. The molecule has 28 heavy (non-hydrogen) atoms. The third-order valence-electron chi connectivity index (χ3n) is 4.72. The molecule has 0 saturated heterocycles. The van der Waals surface area contributed by atoms with Gasteiger partial charge in [0.2, 0.25) is 0 Å². The van der Waals surface area contributed by atoms with Crippen LogP contribution in [0.5, 0.6) is 5.75 Å². The molecule has 0 spiro atoms. The topological polar surface area (TPSA) is 35.0 Å². The van der Waals surface area contributed by atoms with Crippen molar-refractivity contribution in [2.45, 2.75) is 45.2 Å². The molecule has 3 nitrogen and oxygen atoms in total. The number of rotatable bonds is 10. The maximum atomic E-state index is 12.8. The second kappa shape index (κ2) is 9.98. The summed E-state index contributed by atoms with van der Waals surface area (Å²) in [4.78, 5) is 9.00. The number of nitrogens with zero attached hydrogens (tertiary/aromatic N) is 2. The van der Waals surface area contributed by atoms with E-state index in [1.54, 1.807) is 13.0 Å². The van der Waals surface area contributed by atoms with Crippen molar-refractivity contribution in [1.82, 2.24) is 9.97 Å². The summed E-state index contributed by atoms with van der Waals surface area (Å²) < 4.78 is 18.4. The molecule has 1 unspecified atom stereocenters. The number of alkyl halides is 1. The summed E-state index contributed by atoms with van der Waals surface area (Å²) >= 11 is 0. The highest BCUT2D eigenvalue weighted by Gasteiger charge is 2.04. The van der Waals surface area contributed by atoms with E-state index in [0.717, 1.165) is 59.2 Å². The average molecular weight is 378 g/mol. The number of hydrogen-bond acceptors (Lipinski definition) is 3. The Morgan fingerprint density at radius 2 is 1.75 bits per heavy atom. The van der Waals surface area contributed by atoms with Crippen molar-refractivity contribution in [3.8, 4) is 16.9 Å². The number of ether oxygens (including phenoxy) is 1. The molecule has 0 aliphatic rings. The molecule has 0 radical (unpaired) electrons. The fourth-order valence-corrected chi connectivity index (χ4v) is 3.17. The Balaban J connectivity index is 1.62. The highest BCUT2D eigenvalue weighted by atomic mass is 19.1. The Hall–Kier alpha value is -2.75. The maximum Gasteiger partial charge on any atom is 0.128 e. The highest BCUT2D eigenvalue weighted by Crippen LogP contribution is 2.26. The molecule has 2 aromatic carbocycles. The Morgan fingerprint density at radius 3 is 2.50 bits per heavy atom. The Labute approximate surface area is 166 Å². The summed E-state index contributed by atoms with van der Waals surface area (Å²) in [6.45, 7) is 5.79. The first-order chi connectivity index (χ1) is 13.7. The van der Waals surface area contributed by atoms with E-state index in [1.165, 1.54) is 0 Å². The maximum absolute atomic E-state index is 12.8. The van der Waals surface area contributed by atoms with Crippen LogP contribution in [-0.4, -0.2) is 22.7 Å². The van der Waals surface area contributed by atoms with Crippen LogP contribution in [0.2, 0.25) is 0 Å². The van der Waals surface area contributed by atoms with E-state index in [4.69, 9.17) is 4.74 Å². The van der Waals surface area contributed by atoms with Crippen LogP contribution in [0.1, 0.15) is 38.4 Å². The van der Waals surface area contributed by atoms with E-state index in [1.807, 2.05) is 24.5 Å². The van der Waals surface area contributed by atoms with Crippen molar-refractivity contribution >= 4 is 10.8 Å². The first-order valence-corrected chi connectivity index (χ1v) is 9.88. The largest absolute Gasteiger partial charge is 0.490 e. The molecule has 0 amide bonds. The van der Waals surface area contributed by atoms with E-state index in [9.17, 15) is 4.39 Å². The number of fused-ring (bicyclic) bond motifs is 1. The SMILES string of the molecule is C=CCOc1ccc2cc(-c3cnc(CCCCCC(C)F)nc3)ccc2c1. The number of unbranched alkanes of at least 4 members (excludes halogenated alkanes) is 2. The van der Waals surface area contributed by atoms with Crippen LogP contribution in [0.3, 0.4) is 0 Å². The monoisotopic (exact) mass is 378 g/mol. The number of aromatic nitrogens is 2. The van der Waals surface area contributed by atoms with Gasteiger partial charge in [-0.1, -0.05) is 43.7 Å². The van der Waals surface area contributed by atoms with E-state index < -0.39 is 6.17 Å². The number of benzene rings is 2. The fraction of sp³-hybridized carbons (Fsp3) is 0.333. The lowest BCUT2D eigenvalue weighted by atomic mass is 10.0. The van der Waals surface area contributed by atoms with Gasteiger partial charge in [0.05, 0.1) is 6.17 Å². The van der Waals surface area contributed by atoms with Crippen LogP contribution >= 0.6 is 0 Å². The summed E-state index contributed by atoms with van der Waals surface area (Å²) in [5.41, 5.74) is 2.10. The minimum atomic E-state index is -0.705. The zero-order valence-electron chi connectivity index (χ0n) is 16.4. The summed E-state index contributed by atoms with van der Waals surface area (Å²) in [6, 6.07) is 12.4. The molecule has 0 aliphatic heterocycles. The molecule has 146 valence electrons. The van der Waals surface area contributed by atoms with Gasteiger partial charge in [-0.2, -0.15) is 0 Å². The lowest BCUT2D eigenvalue weighted by Gasteiger charge is -2.07.